The average molecular weight is 541 g/mol. The van der Waals surface area contributed by atoms with Gasteiger partial charge in [-0.25, -0.2) is 13.2 Å². The molecule has 0 radical (unpaired) electrons. The predicted octanol–water partition coefficient (Wildman–Crippen LogP) is 10.3. The normalized spacial score (nSPS) is 17.4. The summed E-state index contributed by atoms with van der Waals surface area (Å²) in [6, 6.07) is 13.6. The first-order valence-corrected chi connectivity index (χ1v) is 14.6. The molecule has 210 valence electrons. The molecule has 3 aromatic carbocycles. The number of rotatable bonds is 12. The lowest BCUT2D eigenvalue weighted by Gasteiger charge is -2.27. The quantitative estimate of drug-likeness (QED) is 0.164. The zero-order chi connectivity index (χ0) is 27.8. The molecule has 0 saturated heterocycles. The van der Waals surface area contributed by atoms with Crippen LogP contribution in [0.25, 0.3) is 11.1 Å². The number of halogens is 4. The molecule has 0 heterocycles. The van der Waals surface area contributed by atoms with Crippen molar-refractivity contribution in [1.29, 1.82) is 0 Å². The zero-order valence-corrected chi connectivity index (χ0v) is 23.2. The molecule has 1 aliphatic carbocycles. The van der Waals surface area contributed by atoms with Crippen LogP contribution in [-0.4, -0.2) is 6.61 Å². The molecule has 1 aliphatic rings. The third kappa shape index (κ3) is 7.43. The highest BCUT2D eigenvalue weighted by Gasteiger charge is 2.25. The van der Waals surface area contributed by atoms with E-state index in [1.165, 1.54) is 12.5 Å². The SMILES string of the molecule is CCCCCCCOc1ccc(CCc2ccc(-c3ccc(C4CCC(C)CC4)c(F)c3F)cc2)c(F)c1F. The van der Waals surface area contributed by atoms with Gasteiger partial charge in [-0.3, -0.25) is 0 Å². The molecule has 0 unspecified atom stereocenters. The van der Waals surface area contributed by atoms with Gasteiger partial charge in [-0.15, -0.1) is 0 Å². The summed E-state index contributed by atoms with van der Waals surface area (Å²) in [7, 11) is 0. The Morgan fingerprint density at radius 1 is 0.692 bits per heavy atom. The predicted molar refractivity (Wildman–Crippen MR) is 150 cm³/mol. The van der Waals surface area contributed by atoms with Gasteiger partial charge in [0.1, 0.15) is 0 Å². The van der Waals surface area contributed by atoms with Crippen LogP contribution in [-0.2, 0) is 12.8 Å². The molecule has 5 heteroatoms. The van der Waals surface area contributed by atoms with Gasteiger partial charge in [-0.2, -0.15) is 4.39 Å². The van der Waals surface area contributed by atoms with Crippen molar-refractivity contribution in [2.75, 3.05) is 6.61 Å². The van der Waals surface area contributed by atoms with E-state index in [1.54, 1.807) is 30.3 Å². The second kappa shape index (κ2) is 14.0. The molecule has 0 spiro atoms. The molecule has 0 amide bonds. The standard InChI is InChI=1S/C34H40F4O/c1-3-4-5-6-7-22-39-30-21-18-27(31(35)34(30)38)17-12-24-10-15-26(16-11-24)29-20-19-28(32(36)33(29)37)25-13-8-23(2)9-14-25/h10-11,15-16,18-21,23,25H,3-9,12-14,17,22H2,1-2H3. The minimum atomic E-state index is -0.944. The summed E-state index contributed by atoms with van der Waals surface area (Å²) in [4.78, 5) is 0. The largest absolute Gasteiger partial charge is 0.490 e. The lowest BCUT2D eigenvalue weighted by atomic mass is 9.79. The van der Waals surface area contributed by atoms with Crippen LogP contribution in [0.4, 0.5) is 17.6 Å². The summed E-state index contributed by atoms with van der Waals surface area (Å²) in [5, 5.41) is 0. The van der Waals surface area contributed by atoms with Crippen molar-refractivity contribution >= 4 is 0 Å². The van der Waals surface area contributed by atoms with E-state index in [0.717, 1.165) is 56.9 Å². The molecule has 0 bridgehead atoms. The third-order valence-electron chi connectivity index (χ3n) is 8.15. The highest BCUT2D eigenvalue weighted by Crippen LogP contribution is 2.38. The van der Waals surface area contributed by atoms with Crippen LogP contribution in [0.2, 0.25) is 0 Å². The molecule has 1 saturated carbocycles. The molecule has 0 atom stereocenters. The summed E-state index contributed by atoms with van der Waals surface area (Å²) in [6.07, 6.45) is 9.96. The fourth-order valence-corrected chi connectivity index (χ4v) is 5.57. The van der Waals surface area contributed by atoms with Gasteiger partial charge in [0.05, 0.1) is 6.61 Å². The Labute approximate surface area is 230 Å². The summed E-state index contributed by atoms with van der Waals surface area (Å²) in [5.41, 5.74) is 2.50. The Balaban J connectivity index is 1.35. The van der Waals surface area contributed by atoms with Crippen molar-refractivity contribution < 1.29 is 22.3 Å². The fraction of sp³-hybridized carbons (Fsp3) is 0.471. The van der Waals surface area contributed by atoms with Crippen LogP contribution in [0, 0.1) is 29.2 Å². The molecule has 3 aromatic rings. The highest BCUT2D eigenvalue weighted by atomic mass is 19.2. The van der Waals surface area contributed by atoms with Gasteiger partial charge in [-0.1, -0.05) is 94.8 Å². The zero-order valence-electron chi connectivity index (χ0n) is 23.2. The number of hydrogen-bond donors (Lipinski definition) is 0. The lowest BCUT2D eigenvalue weighted by molar-refractivity contribution is 0.284. The topological polar surface area (TPSA) is 9.23 Å². The van der Waals surface area contributed by atoms with E-state index in [9.17, 15) is 13.2 Å². The molecule has 0 N–H and O–H groups in total. The van der Waals surface area contributed by atoms with E-state index in [2.05, 4.69) is 13.8 Å². The first-order valence-electron chi connectivity index (χ1n) is 14.6. The smallest absolute Gasteiger partial charge is 0.200 e. The molecule has 1 nitrogen and oxygen atoms in total. The van der Waals surface area contributed by atoms with Crippen LogP contribution in [0.3, 0.4) is 0 Å². The number of unbranched alkanes of at least 4 members (excludes halogenated alkanes) is 4. The molecule has 1 fully saturated rings. The van der Waals surface area contributed by atoms with Gasteiger partial charge in [-0.05, 0) is 72.3 Å². The number of ether oxygens (including phenoxy) is 1. The summed E-state index contributed by atoms with van der Waals surface area (Å²) >= 11 is 0. The van der Waals surface area contributed by atoms with Crippen molar-refractivity contribution in [3.63, 3.8) is 0 Å². The monoisotopic (exact) mass is 540 g/mol. The molecular weight excluding hydrogens is 500 g/mol. The summed E-state index contributed by atoms with van der Waals surface area (Å²) in [5.74, 6) is -2.69. The maximum Gasteiger partial charge on any atom is 0.200 e. The number of benzene rings is 3. The second-order valence-electron chi connectivity index (χ2n) is 11.1. The van der Waals surface area contributed by atoms with E-state index in [4.69, 9.17) is 4.74 Å². The van der Waals surface area contributed by atoms with Gasteiger partial charge in [0.15, 0.2) is 23.2 Å². The van der Waals surface area contributed by atoms with Crippen molar-refractivity contribution in [2.24, 2.45) is 5.92 Å². The maximum atomic E-state index is 15.0. The average Bonchev–Trinajstić information content (AvgIpc) is 2.95. The Bertz CT molecular complexity index is 1210. The summed E-state index contributed by atoms with van der Waals surface area (Å²) in [6.45, 7) is 4.72. The van der Waals surface area contributed by atoms with Crippen molar-refractivity contribution in [1.82, 2.24) is 0 Å². The van der Waals surface area contributed by atoms with E-state index in [1.807, 2.05) is 12.1 Å². The number of aryl methyl sites for hydroxylation is 2. The van der Waals surface area contributed by atoms with Gasteiger partial charge in [0.2, 0.25) is 5.82 Å². The van der Waals surface area contributed by atoms with Gasteiger partial charge < -0.3 is 4.74 Å². The van der Waals surface area contributed by atoms with E-state index < -0.39 is 23.3 Å². The van der Waals surface area contributed by atoms with Crippen molar-refractivity contribution in [3.05, 3.63) is 88.5 Å². The Morgan fingerprint density at radius 3 is 2.13 bits per heavy atom. The van der Waals surface area contributed by atoms with Crippen LogP contribution >= 0.6 is 0 Å². The lowest BCUT2D eigenvalue weighted by Crippen LogP contribution is -2.13. The van der Waals surface area contributed by atoms with E-state index >= 15 is 4.39 Å². The first-order chi connectivity index (χ1) is 18.9. The van der Waals surface area contributed by atoms with Crippen LogP contribution in [0.1, 0.15) is 94.2 Å². The molecular formula is C34H40F4O. The minimum Gasteiger partial charge on any atom is -0.490 e. The minimum absolute atomic E-state index is 0.0468. The second-order valence-corrected chi connectivity index (χ2v) is 11.1. The Kier molecular flexibility index (Phi) is 10.5. The highest BCUT2D eigenvalue weighted by molar-refractivity contribution is 5.65. The van der Waals surface area contributed by atoms with Gasteiger partial charge >= 0.3 is 0 Å². The van der Waals surface area contributed by atoms with Crippen molar-refractivity contribution in [3.8, 4) is 16.9 Å². The van der Waals surface area contributed by atoms with Crippen molar-refractivity contribution in [2.45, 2.75) is 90.4 Å². The molecule has 39 heavy (non-hydrogen) atoms. The van der Waals surface area contributed by atoms with E-state index in [0.29, 0.717) is 36.5 Å². The Hall–Kier alpha value is -2.82. The number of hydrogen-bond acceptors (Lipinski definition) is 1. The van der Waals surface area contributed by atoms with Crippen LogP contribution in [0.5, 0.6) is 5.75 Å². The molecule has 0 aliphatic heterocycles. The molecule has 4 rings (SSSR count). The van der Waals surface area contributed by atoms with Crippen LogP contribution < -0.4 is 4.74 Å². The van der Waals surface area contributed by atoms with Crippen LogP contribution in [0.15, 0.2) is 48.5 Å². The van der Waals surface area contributed by atoms with E-state index in [-0.39, 0.29) is 22.8 Å². The van der Waals surface area contributed by atoms with Gasteiger partial charge in [0.25, 0.3) is 0 Å². The third-order valence-corrected chi connectivity index (χ3v) is 8.15. The maximum absolute atomic E-state index is 15.0. The fourth-order valence-electron chi connectivity index (χ4n) is 5.57. The summed E-state index contributed by atoms with van der Waals surface area (Å²) < 4.78 is 64.7. The first kappa shape index (κ1) is 29.2. The molecule has 0 aromatic heterocycles. The Morgan fingerprint density at radius 2 is 1.41 bits per heavy atom. The van der Waals surface area contributed by atoms with Gasteiger partial charge in [0, 0.05) is 5.56 Å².